The van der Waals surface area contributed by atoms with Gasteiger partial charge in [0.05, 0.1) is 10.5 Å². The molecule has 0 aliphatic rings. The Morgan fingerprint density at radius 3 is 2.23 bits per heavy atom. The molecular weight excluding hydrogens is 192 g/mol. The fraction of sp³-hybridized carbons (Fsp3) is 0. The van der Waals surface area contributed by atoms with Gasteiger partial charge in [0.1, 0.15) is 0 Å². The normalized spacial score (nSPS) is 10.5. The number of nitrogens with zero attached hydrogens (tertiary/aromatic N) is 2. The molecule has 0 saturated heterocycles. The van der Waals surface area contributed by atoms with E-state index in [1.54, 1.807) is 0 Å². The van der Waals surface area contributed by atoms with E-state index < -0.39 is 10.1 Å². The van der Waals surface area contributed by atoms with E-state index in [1.807, 2.05) is 0 Å². The smallest absolute Gasteiger partial charge is 0.294 e. The maximum atomic E-state index is 10.6. The lowest BCUT2D eigenvalue weighted by atomic mass is 10.2. The Hall–Kier alpha value is -1.49. The predicted octanol–water partition coefficient (Wildman–Crippen LogP) is 0.582. The Balaban J connectivity index is 3.15. The first-order valence-corrected chi connectivity index (χ1v) is 4.73. The summed E-state index contributed by atoms with van der Waals surface area (Å²) in [5, 5.41) is 0. The van der Waals surface area contributed by atoms with E-state index in [1.165, 1.54) is 24.3 Å². The third-order valence-electron chi connectivity index (χ3n) is 1.38. The van der Waals surface area contributed by atoms with E-state index in [-0.39, 0.29) is 4.90 Å². The molecule has 0 fully saturated rings. The standard InChI is InChI=1S/C7H6N2O3S/c8-9-5-6-1-3-7(4-2-6)13(10,11)12/h1-5H,(H,10,11,12). The summed E-state index contributed by atoms with van der Waals surface area (Å²) in [6, 6.07) is 5.24. The van der Waals surface area contributed by atoms with Crippen LogP contribution in [0.15, 0.2) is 29.2 Å². The van der Waals surface area contributed by atoms with Crippen LogP contribution in [0.2, 0.25) is 0 Å². The first-order chi connectivity index (χ1) is 6.04. The van der Waals surface area contributed by atoms with Crippen molar-refractivity contribution in [1.82, 2.24) is 0 Å². The first kappa shape index (κ1) is 9.60. The molecule has 0 bridgehead atoms. The highest BCUT2D eigenvalue weighted by Crippen LogP contribution is 2.08. The number of hydrogen-bond donors (Lipinski definition) is 1. The molecule has 68 valence electrons. The zero-order chi connectivity index (χ0) is 9.90. The molecule has 13 heavy (non-hydrogen) atoms. The van der Waals surface area contributed by atoms with Crippen LogP contribution in [0.1, 0.15) is 5.56 Å². The van der Waals surface area contributed by atoms with Gasteiger partial charge in [0.2, 0.25) is 0 Å². The zero-order valence-electron chi connectivity index (χ0n) is 6.45. The van der Waals surface area contributed by atoms with Crippen LogP contribution in [-0.2, 0) is 10.1 Å². The molecule has 0 radical (unpaired) electrons. The predicted molar refractivity (Wildman–Crippen MR) is 45.0 cm³/mol. The molecule has 1 aromatic carbocycles. The van der Waals surface area contributed by atoms with E-state index in [0.29, 0.717) is 5.56 Å². The Morgan fingerprint density at radius 2 is 1.85 bits per heavy atom. The topological polar surface area (TPSA) is 90.8 Å². The van der Waals surface area contributed by atoms with Crippen molar-refractivity contribution in [2.24, 2.45) is 0 Å². The maximum Gasteiger partial charge on any atom is 0.294 e. The second-order valence-corrected chi connectivity index (χ2v) is 3.71. The Labute approximate surface area is 75.0 Å². The van der Waals surface area contributed by atoms with Crippen LogP contribution < -0.4 is 0 Å². The van der Waals surface area contributed by atoms with Crippen molar-refractivity contribution in [3.8, 4) is 0 Å². The molecule has 0 aromatic heterocycles. The molecule has 0 heterocycles. The van der Waals surface area contributed by atoms with E-state index in [0.717, 1.165) is 6.21 Å². The van der Waals surface area contributed by atoms with Crippen molar-refractivity contribution >= 4 is 16.3 Å². The average Bonchev–Trinajstić information content (AvgIpc) is 2.04. The van der Waals surface area contributed by atoms with Gasteiger partial charge in [-0.2, -0.15) is 13.2 Å². The van der Waals surface area contributed by atoms with Gasteiger partial charge in [-0.3, -0.25) is 4.55 Å². The van der Waals surface area contributed by atoms with Gasteiger partial charge in [-0.1, -0.05) is 0 Å². The number of hydrogen-bond acceptors (Lipinski definition) is 2. The van der Waals surface area contributed by atoms with Gasteiger partial charge in [0.25, 0.3) is 16.3 Å². The SMILES string of the molecule is [N-]=[N+]=Cc1ccc(S(=O)(=O)O)cc1. The zero-order valence-corrected chi connectivity index (χ0v) is 7.27. The van der Waals surface area contributed by atoms with Crippen LogP contribution >= 0.6 is 0 Å². The third-order valence-corrected chi connectivity index (χ3v) is 2.25. The van der Waals surface area contributed by atoms with Crippen molar-refractivity contribution in [1.29, 1.82) is 0 Å². The van der Waals surface area contributed by atoms with Crippen molar-refractivity contribution < 1.29 is 17.8 Å². The highest BCUT2D eigenvalue weighted by Gasteiger charge is 2.08. The number of benzene rings is 1. The monoisotopic (exact) mass is 198 g/mol. The van der Waals surface area contributed by atoms with Crippen molar-refractivity contribution in [3.63, 3.8) is 0 Å². The largest absolute Gasteiger partial charge is 0.361 e. The van der Waals surface area contributed by atoms with E-state index in [4.69, 9.17) is 10.1 Å². The summed E-state index contributed by atoms with van der Waals surface area (Å²) in [7, 11) is -4.14. The fourth-order valence-corrected chi connectivity index (χ4v) is 1.27. The highest BCUT2D eigenvalue weighted by molar-refractivity contribution is 7.85. The first-order valence-electron chi connectivity index (χ1n) is 3.29. The van der Waals surface area contributed by atoms with Crippen LogP contribution in [-0.4, -0.2) is 24.0 Å². The molecule has 0 saturated carbocycles. The highest BCUT2D eigenvalue weighted by atomic mass is 32.2. The van der Waals surface area contributed by atoms with Gasteiger partial charge in [0, 0.05) is 0 Å². The summed E-state index contributed by atoms with van der Waals surface area (Å²) in [6.45, 7) is 0. The van der Waals surface area contributed by atoms with Crippen LogP contribution in [0, 0.1) is 0 Å². The molecular formula is C7H6N2O3S. The summed E-state index contributed by atoms with van der Waals surface area (Å²) in [5.41, 5.74) is 8.69. The molecule has 5 nitrogen and oxygen atoms in total. The minimum absolute atomic E-state index is 0.192. The minimum atomic E-state index is -4.14. The van der Waals surface area contributed by atoms with E-state index in [2.05, 4.69) is 4.79 Å². The average molecular weight is 198 g/mol. The molecule has 0 atom stereocenters. The second kappa shape index (κ2) is 3.49. The van der Waals surface area contributed by atoms with E-state index >= 15 is 0 Å². The summed E-state index contributed by atoms with van der Waals surface area (Å²) in [4.78, 5) is 2.57. The summed E-state index contributed by atoms with van der Waals surface area (Å²) < 4.78 is 29.7. The van der Waals surface area contributed by atoms with Crippen molar-refractivity contribution in [2.45, 2.75) is 4.90 Å². The minimum Gasteiger partial charge on any atom is -0.361 e. The summed E-state index contributed by atoms with van der Waals surface area (Å²) in [5.74, 6) is 0. The number of rotatable bonds is 2. The van der Waals surface area contributed by atoms with Gasteiger partial charge in [-0.05, 0) is 24.3 Å². The molecule has 1 aromatic rings. The summed E-state index contributed by atoms with van der Waals surface area (Å²) in [6.07, 6.45) is 1.15. The van der Waals surface area contributed by atoms with Gasteiger partial charge in [-0.15, -0.1) is 0 Å². The van der Waals surface area contributed by atoms with Gasteiger partial charge in [-0.25, -0.2) is 0 Å². The lowest BCUT2D eigenvalue weighted by Crippen LogP contribution is -1.97. The molecule has 0 spiro atoms. The fourth-order valence-electron chi connectivity index (χ4n) is 0.793. The Bertz CT molecular complexity index is 443. The van der Waals surface area contributed by atoms with Crippen LogP contribution in [0.25, 0.3) is 5.53 Å². The molecule has 0 aliphatic heterocycles. The third kappa shape index (κ3) is 2.48. The molecule has 6 heteroatoms. The molecule has 0 unspecified atom stereocenters. The molecule has 0 aliphatic carbocycles. The Kier molecular flexibility index (Phi) is 2.57. The summed E-state index contributed by atoms with van der Waals surface area (Å²) >= 11 is 0. The maximum absolute atomic E-state index is 10.6. The van der Waals surface area contributed by atoms with Gasteiger partial charge >= 0.3 is 0 Å². The lowest BCUT2D eigenvalue weighted by molar-refractivity contribution is 0.00456. The molecule has 1 N–H and O–H groups in total. The van der Waals surface area contributed by atoms with Gasteiger partial charge < -0.3 is 5.53 Å². The van der Waals surface area contributed by atoms with Gasteiger partial charge in [0.15, 0.2) is 0 Å². The molecule has 0 amide bonds. The van der Waals surface area contributed by atoms with Crippen LogP contribution in [0.3, 0.4) is 0 Å². The van der Waals surface area contributed by atoms with Crippen LogP contribution in [0.4, 0.5) is 0 Å². The second-order valence-electron chi connectivity index (χ2n) is 2.29. The van der Waals surface area contributed by atoms with Crippen molar-refractivity contribution in [3.05, 3.63) is 35.4 Å². The van der Waals surface area contributed by atoms with Crippen molar-refractivity contribution in [2.75, 3.05) is 0 Å². The Morgan fingerprint density at radius 1 is 1.31 bits per heavy atom. The van der Waals surface area contributed by atoms with Crippen LogP contribution in [0.5, 0.6) is 0 Å². The quantitative estimate of drug-likeness (QED) is 0.326. The van der Waals surface area contributed by atoms with E-state index in [9.17, 15) is 8.42 Å². The lowest BCUT2D eigenvalue weighted by Gasteiger charge is -1.94. The molecule has 1 rings (SSSR count).